The fourth-order valence-corrected chi connectivity index (χ4v) is 5.72. The number of rotatable bonds is 5. The van der Waals surface area contributed by atoms with E-state index in [0.717, 1.165) is 65.5 Å². The third-order valence-corrected chi connectivity index (χ3v) is 8.04. The predicted octanol–water partition coefficient (Wildman–Crippen LogP) is 9.96. The van der Waals surface area contributed by atoms with Gasteiger partial charge in [0.25, 0.3) is 0 Å². The number of furan rings is 1. The highest BCUT2D eigenvalue weighted by molar-refractivity contribution is 7.80. The van der Waals surface area contributed by atoms with E-state index in [2.05, 4.69) is 30.3 Å². The third-order valence-electron chi connectivity index (χ3n) is 7.67. The van der Waals surface area contributed by atoms with E-state index in [1.165, 1.54) is 0 Å². The molecular weight excluding hydrogens is 561 g/mol. The lowest BCUT2D eigenvalue weighted by Gasteiger charge is -2.10. The van der Waals surface area contributed by atoms with Crippen molar-refractivity contribution in [1.82, 2.24) is 15.0 Å². The topological polar surface area (TPSA) is 64.2 Å². The molecule has 0 spiro atoms. The van der Waals surface area contributed by atoms with Crippen LogP contribution >= 0.6 is 12.6 Å². The first-order valence-electron chi connectivity index (χ1n) is 14.3. The van der Waals surface area contributed by atoms with Crippen LogP contribution in [0.1, 0.15) is 5.56 Å². The average Bonchev–Trinajstić information content (AvgIpc) is 3.46. The van der Waals surface area contributed by atoms with Crippen LogP contribution in [0, 0.1) is 0 Å². The minimum Gasteiger partial charge on any atom is -0.456 e. The van der Waals surface area contributed by atoms with Crippen molar-refractivity contribution in [3.63, 3.8) is 0 Å². The molecule has 2 aromatic heterocycles. The number of hydrogen-bond donors (Lipinski definition) is 1. The number of fused-ring (bicyclic) bond motifs is 4. The Morgan fingerprint density at radius 2 is 1.14 bits per heavy atom. The zero-order valence-corrected chi connectivity index (χ0v) is 24.3. The van der Waals surface area contributed by atoms with Crippen LogP contribution in [0.4, 0.5) is 5.69 Å². The van der Waals surface area contributed by atoms with Crippen molar-refractivity contribution < 1.29 is 4.42 Å². The summed E-state index contributed by atoms with van der Waals surface area (Å²) in [5, 5.41) is 4.17. The summed E-state index contributed by atoms with van der Waals surface area (Å²) in [5.74, 6) is 1.77. The molecule has 0 saturated heterocycles. The van der Waals surface area contributed by atoms with Crippen LogP contribution in [0.5, 0.6) is 0 Å². The fraction of sp³-hybridized carbons (Fsp3) is 0. The Balaban J connectivity index is 1.26. The van der Waals surface area contributed by atoms with Gasteiger partial charge in [-0.3, -0.25) is 4.99 Å². The molecule has 0 aliphatic heterocycles. The molecule has 208 valence electrons. The van der Waals surface area contributed by atoms with Gasteiger partial charge in [-0.1, -0.05) is 103 Å². The van der Waals surface area contributed by atoms with Gasteiger partial charge in [-0.25, -0.2) is 15.0 Å². The number of aromatic nitrogens is 3. The zero-order chi connectivity index (χ0) is 29.5. The Bertz CT molecular complexity index is 2350. The first-order valence-corrected chi connectivity index (χ1v) is 14.7. The monoisotopic (exact) mass is 584 g/mol. The molecular formula is C38H24N4OS. The summed E-state index contributed by atoms with van der Waals surface area (Å²) in [6.07, 6.45) is 1.87. The molecule has 8 rings (SSSR count). The highest BCUT2D eigenvalue weighted by Gasteiger charge is 2.15. The molecule has 8 aromatic rings. The summed E-state index contributed by atoms with van der Waals surface area (Å²) in [4.78, 5) is 20.4. The molecule has 44 heavy (non-hydrogen) atoms. The number of thiol groups is 1. The highest BCUT2D eigenvalue weighted by atomic mass is 32.1. The van der Waals surface area contributed by atoms with Gasteiger partial charge in [0.15, 0.2) is 17.5 Å². The SMILES string of the molecule is Sc1ccc2cc(-c3nc(-c4ccccc4)nc(-c4ccc5c(c4)oc4ccccc45)n3)ccc2c1/N=C/c1ccccc1. The van der Waals surface area contributed by atoms with Gasteiger partial charge in [-0.05, 0) is 41.3 Å². The second-order valence-electron chi connectivity index (χ2n) is 10.5. The number of benzene rings is 6. The zero-order valence-electron chi connectivity index (χ0n) is 23.4. The van der Waals surface area contributed by atoms with Gasteiger partial charge in [0, 0.05) is 44.0 Å². The van der Waals surface area contributed by atoms with Crippen molar-refractivity contribution in [2.24, 2.45) is 4.99 Å². The van der Waals surface area contributed by atoms with Crippen LogP contribution in [0.2, 0.25) is 0 Å². The Morgan fingerprint density at radius 3 is 1.91 bits per heavy atom. The molecule has 6 aromatic carbocycles. The number of para-hydroxylation sites is 1. The minimum atomic E-state index is 0.579. The first kappa shape index (κ1) is 26.1. The van der Waals surface area contributed by atoms with E-state index in [1.807, 2.05) is 109 Å². The van der Waals surface area contributed by atoms with Gasteiger partial charge in [0.1, 0.15) is 11.2 Å². The lowest BCUT2D eigenvalue weighted by molar-refractivity contribution is 0.669. The van der Waals surface area contributed by atoms with Gasteiger partial charge in [-0.15, -0.1) is 12.6 Å². The summed E-state index contributed by atoms with van der Waals surface area (Å²) in [5.41, 5.74) is 6.16. The Labute approximate surface area is 259 Å². The van der Waals surface area contributed by atoms with Crippen LogP contribution in [0.3, 0.4) is 0 Å². The molecule has 0 saturated carbocycles. The van der Waals surface area contributed by atoms with Crippen LogP contribution in [-0.2, 0) is 0 Å². The number of hydrogen-bond acceptors (Lipinski definition) is 6. The summed E-state index contributed by atoms with van der Waals surface area (Å²) in [6.45, 7) is 0. The summed E-state index contributed by atoms with van der Waals surface area (Å²) in [6, 6.07) is 44.4. The normalized spacial score (nSPS) is 11.7. The predicted molar refractivity (Wildman–Crippen MR) is 182 cm³/mol. The maximum absolute atomic E-state index is 6.17. The molecule has 2 heterocycles. The van der Waals surface area contributed by atoms with Gasteiger partial charge in [0.2, 0.25) is 0 Å². The second kappa shape index (κ2) is 10.9. The molecule has 0 amide bonds. The summed E-state index contributed by atoms with van der Waals surface area (Å²) >= 11 is 4.71. The fourth-order valence-electron chi connectivity index (χ4n) is 5.47. The smallest absolute Gasteiger partial charge is 0.164 e. The van der Waals surface area contributed by atoms with Crippen molar-refractivity contribution in [2.75, 3.05) is 0 Å². The molecule has 0 unspecified atom stereocenters. The Kier molecular flexibility index (Phi) is 6.47. The lowest BCUT2D eigenvalue weighted by atomic mass is 10.0. The third kappa shape index (κ3) is 4.81. The summed E-state index contributed by atoms with van der Waals surface area (Å²) in [7, 11) is 0. The molecule has 0 aliphatic rings. The standard InChI is InChI=1S/C38H24N4OS/c44-34-20-17-26-21-27(15-18-29(26)35(34)39-23-24-9-3-1-4-10-24)37-40-36(25-11-5-2-6-12-25)41-38(42-37)28-16-19-31-30-13-7-8-14-32(30)43-33(31)22-28/h1-23,44H/b39-23+. The summed E-state index contributed by atoms with van der Waals surface area (Å²) < 4.78 is 6.17. The average molecular weight is 585 g/mol. The van der Waals surface area contributed by atoms with Crippen LogP contribution in [-0.4, -0.2) is 21.2 Å². The largest absolute Gasteiger partial charge is 0.456 e. The van der Waals surface area contributed by atoms with E-state index < -0.39 is 0 Å². The maximum Gasteiger partial charge on any atom is 0.164 e. The number of nitrogens with zero attached hydrogens (tertiary/aromatic N) is 4. The molecule has 6 heteroatoms. The van der Waals surface area contributed by atoms with E-state index in [1.54, 1.807) is 0 Å². The Morgan fingerprint density at radius 1 is 0.523 bits per heavy atom. The van der Waals surface area contributed by atoms with Crippen molar-refractivity contribution in [3.05, 3.63) is 139 Å². The second-order valence-corrected chi connectivity index (χ2v) is 11.0. The first-order chi connectivity index (χ1) is 21.7. The van der Waals surface area contributed by atoms with E-state index in [9.17, 15) is 0 Å². The molecule has 0 radical (unpaired) electrons. The van der Waals surface area contributed by atoms with Crippen LogP contribution in [0.25, 0.3) is 66.9 Å². The molecule has 0 bridgehead atoms. The van der Waals surface area contributed by atoms with E-state index >= 15 is 0 Å². The van der Waals surface area contributed by atoms with Crippen LogP contribution < -0.4 is 0 Å². The maximum atomic E-state index is 6.17. The molecule has 0 N–H and O–H groups in total. The molecule has 0 fully saturated rings. The van der Waals surface area contributed by atoms with Crippen LogP contribution in [0.15, 0.2) is 148 Å². The van der Waals surface area contributed by atoms with E-state index in [-0.39, 0.29) is 0 Å². The van der Waals surface area contributed by atoms with Gasteiger partial charge in [0.05, 0.1) is 5.69 Å². The molecule has 0 atom stereocenters. The minimum absolute atomic E-state index is 0.579. The number of aliphatic imine (C=N–C) groups is 1. The molecule has 0 aliphatic carbocycles. The van der Waals surface area contributed by atoms with Crippen molar-refractivity contribution >= 4 is 57.2 Å². The van der Waals surface area contributed by atoms with Crippen molar-refractivity contribution in [1.29, 1.82) is 0 Å². The highest BCUT2D eigenvalue weighted by Crippen LogP contribution is 2.36. The van der Waals surface area contributed by atoms with Gasteiger partial charge >= 0.3 is 0 Å². The Hall–Kier alpha value is -5.59. The van der Waals surface area contributed by atoms with Gasteiger partial charge < -0.3 is 4.42 Å². The van der Waals surface area contributed by atoms with Crippen molar-refractivity contribution in [3.8, 4) is 34.2 Å². The lowest BCUT2D eigenvalue weighted by Crippen LogP contribution is -2.00. The van der Waals surface area contributed by atoms with Gasteiger partial charge in [-0.2, -0.15) is 0 Å². The molecule has 5 nitrogen and oxygen atoms in total. The van der Waals surface area contributed by atoms with E-state index in [4.69, 9.17) is 37.0 Å². The van der Waals surface area contributed by atoms with Crippen molar-refractivity contribution in [2.45, 2.75) is 4.90 Å². The van der Waals surface area contributed by atoms with E-state index in [0.29, 0.717) is 17.5 Å². The quantitative estimate of drug-likeness (QED) is 0.162.